The first-order valence-corrected chi connectivity index (χ1v) is 4.73. The van der Waals surface area contributed by atoms with Gasteiger partial charge in [-0.05, 0) is 29.2 Å². The van der Waals surface area contributed by atoms with Gasteiger partial charge in [-0.3, -0.25) is 0 Å². The van der Waals surface area contributed by atoms with Gasteiger partial charge in [-0.15, -0.1) is 0 Å². The van der Waals surface area contributed by atoms with Crippen LogP contribution < -0.4 is 4.74 Å². The summed E-state index contributed by atoms with van der Waals surface area (Å²) in [5, 5.41) is 9.08. The zero-order valence-corrected chi connectivity index (χ0v) is 8.71. The lowest BCUT2D eigenvalue weighted by atomic mass is 9.97. The van der Waals surface area contributed by atoms with Crippen LogP contribution in [-0.4, -0.2) is 11.7 Å². The third-order valence-electron chi connectivity index (χ3n) is 2.13. The highest BCUT2D eigenvalue weighted by molar-refractivity contribution is 5.37. The first kappa shape index (κ1) is 11.9. The molecule has 0 bridgehead atoms. The third kappa shape index (κ3) is 3.16. The zero-order valence-electron chi connectivity index (χ0n) is 8.71. The zero-order chi connectivity index (χ0) is 11.4. The molecule has 0 saturated carbocycles. The number of rotatable bonds is 4. The lowest BCUT2D eigenvalue weighted by Gasteiger charge is -2.13. The number of ether oxygens (including phenoxy) is 1. The lowest BCUT2D eigenvalue weighted by Crippen LogP contribution is -2.04. The molecule has 0 saturated heterocycles. The van der Waals surface area contributed by atoms with E-state index in [1.807, 2.05) is 13.8 Å². The van der Waals surface area contributed by atoms with Gasteiger partial charge in [0.2, 0.25) is 0 Å². The van der Waals surface area contributed by atoms with Crippen molar-refractivity contribution in [2.75, 3.05) is 0 Å². The molecular formula is C11H14F2O2. The fraction of sp³-hybridized carbons (Fsp3) is 0.455. The van der Waals surface area contributed by atoms with Crippen molar-refractivity contribution in [2.45, 2.75) is 33.0 Å². The standard InChI is InChI=1S/C11H14F2O2/c1-7(2)10-4-3-9(15-11(12)13)5-8(10)6-14/h3-5,7,11,14H,6H2,1-2H3. The summed E-state index contributed by atoms with van der Waals surface area (Å²) in [6.07, 6.45) is 0. The van der Waals surface area contributed by atoms with Crippen molar-refractivity contribution in [2.24, 2.45) is 0 Å². The van der Waals surface area contributed by atoms with Crippen molar-refractivity contribution in [3.63, 3.8) is 0 Å². The molecule has 1 rings (SSSR count). The smallest absolute Gasteiger partial charge is 0.387 e. The summed E-state index contributed by atoms with van der Waals surface area (Å²) in [5.74, 6) is 0.325. The molecule has 0 atom stereocenters. The fourth-order valence-corrected chi connectivity index (χ4v) is 1.46. The second-order valence-electron chi connectivity index (χ2n) is 3.55. The molecule has 15 heavy (non-hydrogen) atoms. The monoisotopic (exact) mass is 216 g/mol. The van der Waals surface area contributed by atoms with E-state index < -0.39 is 6.61 Å². The number of hydrogen-bond donors (Lipinski definition) is 1. The maximum atomic E-state index is 11.9. The number of aliphatic hydroxyl groups excluding tert-OH is 1. The Morgan fingerprint density at radius 1 is 1.33 bits per heavy atom. The Bertz CT molecular complexity index is 324. The molecule has 0 spiro atoms. The summed E-state index contributed by atoms with van der Waals surface area (Å²) in [5.41, 5.74) is 1.57. The number of alkyl halides is 2. The minimum Gasteiger partial charge on any atom is -0.435 e. The van der Waals surface area contributed by atoms with Crippen LogP contribution in [0.1, 0.15) is 30.9 Å². The number of halogens is 2. The molecule has 4 heteroatoms. The third-order valence-corrected chi connectivity index (χ3v) is 2.13. The van der Waals surface area contributed by atoms with Gasteiger partial charge in [0.25, 0.3) is 0 Å². The normalized spacial score (nSPS) is 11.1. The van der Waals surface area contributed by atoms with E-state index in [4.69, 9.17) is 5.11 Å². The summed E-state index contributed by atoms with van der Waals surface area (Å²) in [6.45, 7) is 0.944. The van der Waals surface area contributed by atoms with E-state index in [0.717, 1.165) is 5.56 Å². The molecule has 1 aromatic rings. The molecule has 0 amide bonds. The first-order chi connectivity index (χ1) is 7.04. The van der Waals surface area contributed by atoms with Gasteiger partial charge in [0.1, 0.15) is 5.75 Å². The van der Waals surface area contributed by atoms with Gasteiger partial charge in [0.05, 0.1) is 6.61 Å². The van der Waals surface area contributed by atoms with E-state index in [9.17, 15) is 8.78 Å². The molecule has 0 aliphatic carbocycles. The first-order valence-electron chi connectivity index (χ1n) is 4.73. The van der Waals surface area contributed by atoms with Crippen molar-refractivity contribution in [3.05, 3.63) is 29.3 Å². The Balaban J connectivity index is 2.97. The van der Waals surface area contributed by atoms with E-state index in [1.165, 1.54) is 12.1 Å². The quantitative estimate of drug-likeness (QED) is 0.838. The minimum absolute atomic E-state index is 0.0819. The molecule has 0 radical (unpaired) electrons. The van der Waals surface area contributed by atoms with Crippen LogP contribution >= 0.6 is 0 Å². The predicted molar refractivity (Wildman–Crippen MR) is 53.1 cm³/mol. The largest absolute Gasteiger partial charge is 0.435 e. The number of aliphatic hydroxyl groups is 1. The molecule has 2 nitrogen and oxygen atoms in total. The molecular weight excluding hydrogens is 202 g/mol. The average Bonchev–Trinajstić information content (AvgIpc) is 2.16. The topological polar surface area (TPSA) is 29.5 Å². The molecule has 1 aromatic carbocycles. The van der Waals surface area contributed by atoms with Crippen molar-refractivity contribution in [1.29, 1.82) is 0 Å². The molecule has 0 aromatic heterocycles. The van der Waals surface area contributed by atoms with Crippen LogP contribution in [0, 0.1) is 0 Å². The van der Waals surface area contributed by atoms with Gasteiger partial charge in [-0.1, -0.05) is 19.9 Å². The molecule has 1 N–H and O–H groups in total. The molecule has 0 unspecified atom stereocenters. The molecule has 0 aliphatic heterocycles. The minimum atomic E-state index is -2.83. The van der Waals surface area contributed by atoms with Crippen molar-refractivity contribution in [3.8, 4) is 5.75 Å². The Morgan fingerprint density at radius 3 is 2.47 bits per heavy atom. The van der Waals surface area contributed by atoms with Crippen molar-refractivity contribution in [1.82, 2.24) is 0 Å². The van der Waals surface area contributed by atoms with Gasteiger partial charge >= 0.3 is 6.61 Å². The Kier molecular flexibility index (Phi) is 4.03. The Labute approximate surface area is 87.5 Å². The van der Waals surface area contributed by atoms with E-state index in [0.29, 0.717) is 5.56 Å². The second-order valence-corrected chi connectivity index (χ2v) is 3.55. The van der Waals surface area contributed by atoms with Gasteiger partial charge in [0.15, 0.2) is 0 Å². The summed E-state index contributed by atoms with van der Waals surface area (Å²) in [6, 6.07) is 4.64. The number of hydrogen-bond acceptors (Lipinski definition) is 2. The Hall–Kier alpha value is -1.16. The highest BCUT2D eigenvalue weighted by Gasteiger charge is 2.09. The molecule has 84 valence electrons. The summed E-state index contributed by atoms with van der Waals surface area (Å²) in [4.78, 5) is 0. The molecule has 0 fully saturated rings. The predicted octanol–water partition coefficient (Wildman–Crippen LogP) is 2.90. The highest BCUT2D eigenvalue weighted by atomic mass is 19.3. The number of benzene rings is 1. The second kappa shape index (κ2) is 5.07. The molecule has 0 aliphatic rings. The summed E-state index contributed by atoms with van der Waals surface area (Å²) >= 11 is 0. The van der Waals surface area contributed by atoms with Gasteiger partial charge in [-0.2, -0.15) is 8.78 Å². The van der Waals surface area contributed by atoms with Crippen molar-refractivity contribution < 1.29 is 18.6 Å². The van der Waals surface area contributed by atoms with Crippen LogP contribution in [0.2, 0.25) is 0 Å². The Morgan fingerprint density at radius 2 is 2.00 bits per heavy atom. The van der Waals surface area contributed by atoms with Crippen LogP contribution in [0.4, 0.5) is 8.78 Å². The SMILES string of the molecule is CC(C)c1ccc(OC(F)F)cc1CO. The maximum Gasteiger partial charge on any atom is 0.387 e. The summed E-state index contributed by atoms with van der Waals surface area (Å²) < 4.78 is 28.1. The van der Waals surface area contributed by atoms with Crippen LogP contribution in [0.15, 0.2) is 18.2 Å². The van der Waals surface area contributed by atoms with Crippen LogP contribution in [-0.2, 0) is 6.61 Å². The van der Waals surface area contributed by atoms with E-state index in [-0.39, 0.29) is 18.3 Å². The van der Waals surface area contributed by atoms with Crippen LogP contribution in [0.3, 0.4) is 0 Å². The van der Waals surface area contributed by atoms with Crippen LogP contribution in [0.5, 0.6) is 5.75 Å². The van der Waals surface area contributed by atoms with E-state index in [2.05, 4.69) is 4.74 Å². The van der Waals surface area contributed by atoms with Gasteiger partial charge in [0, 0.05) is 0 Å². The fourth-order valence-electron chi connectivity index (χ4n) is 1.46. The van der Waals surface area contributed by atoms with E-state index >= 15 is 0 Å². The van der Waals surface area contributed by atoms with Crippen LogP contribution in [0.25, 0.3) is 0 Å². The summed E-state index contributed by atoms with van der Waals surface area (Å²) in [7, 11) is 0. The maximum absolute atomic E-state index is 11.9. The lowest BCUT2D eigenvalue weighted by molar-refractivity contribution is -0.0499. The average molecular weight is 216 g/mol. The molecule has 0 heterocycles. The van der Waals surface area contributed by atoms with Crippen molar-refractivity contribution >= 4 is 0 Å². The van der Waals surface area contributed by atoms with Gasteiger partial charge in [-0.25, -0.2) is 0 Å². The highest BCUT2D eigenvalue weighted by Crippen LogP contribution is 2.25. The van der Waals surface area contributed by atoms with Gasteiger partial charge < -0.3 is 9.84 Å². The van der Waals surface area contributed by atoms with E-state index in [1.54, 1.807) is 6.07 Å².